The number of ether oxygens (including phenoxy) is 1. The fourth-order valence-corrected chi connectivity index (χ4v) is 6.34. The minimum absolute atomic E-state index is 0.00966. The van der Waals surface area contributed by atoms with Crippen LogP contribution in [-0.4, -0.2) is 50.4 Å². The van der Waals surface area contributed by atoms with E-state index in [-0.39, 0.29) is 28.7 Å². The largest absolute Gasteiger partial charge is 0.494 e. The molecule has 1 aliphatic carbocycles. The molecule has 11 heteroatoms. The van der Waals surface area contributed by atoms with Gasteiger partial charge in [0.25, 0.3) is 10.0 Å². The lowest BCUT2D eigenvalue weighted by Gasteiger charge is -2.32. The van der Waals surface area contributed by atoms with E-state index in [9.17, 15) is 26.8 Å². The molecule has 0 saturated heterocycles. The molecule has 0 radical (unpaired) electrons. The van der Waals surface area contributed by atoms with Gasteiger partial charge >= 0.3 is 0 Å². The lowest BCUT2D eigenvalue weighted by molar-refractivity contribution is -0.139. The Balaban J connectivity index is 1.69. The van der Waals surface area contributed by atoms with E-state index in [2.05, 4.69) is 5.32 Å². The second-order valence-electron chi connectivity index (χ2n) is 10.2. The molecule has 0 heterocycles. The molecule has 0 spiro atoms. The van der Waals surface area contributed by atoms with Crippen molar-refractivity contribution in [2.75, 3.05) is 17.5 Å². The summed E-state index contributed by atoms with van der Waals surface area (Å²) in [6.45, 7) is 2.81. The van der Waals surface area contributed by atoms with Crippen molar-refractivity contribution in [2.24, 2.45) is 0 Å². The summed E-state index contributed by atoms with van der Waals surface area (Å²) in [6.07, 6.45) is 3.66. The first kappa shape index (κ1) is 31.0. The Bertz CT molecular complexity index is 1480. The van der Waals surface area contributed by atoms with Crippen molar-refractivity contribution in [2.45, 2.75) is 63.1 Å². The van der Waals surface area contributed by atoms with Gasteiger partial charge in [0, 0.05) is 18.2 Å². The molecule has 0 aliphatic heterocycles. The molecule has 3 aromatic rings. The van der Waals surface area contributed by atoms with E-state index in [1.807, 2.05) is 6.92 Å². The molecule has 42 heavy (non-hydrogen) atoms. The summed E-state index contributed by atoms with van der Waals surface area (Å²) >= 11 is 0. The van der Waals surface area contributed by atoms with Crippen LogP contribution in [0.1, 0.15) is 45.1 Å². The second kappa shape index (κ2) is 13.8. The molecule has 0 unspecified atom stereocenters. The highest BCUT2D eigenvalue weighted by Gasteiger charge is 2.33. The molecule has 1 atom stereocenters. The molecule has 4 rings (SSSR count). The van der Waals surface area contributed by atoms with Crippen molar-refractivity contribution >= 4 is 27.5 Å². The van der Waals surface area contributed by atoms with Crippen molar-refractivity contribution in [1.82, 2.24) is 10.2 Å². The van der Waals surface area contributed by atoms with Gasteiger partial charge in [0.05, 0.1) is 17.2 Å². The van der Waals surface area contributed by atoms with Crippen LogP contribution in [0.5, 0.6) is 5.75 Å². The number of amides is 2. The lowest BCUT2D eigenvalue weighted by Crippen LogP contribution is -2.52. The van der Waals surface area contributed by atoms with Gasteiger partial charge in [-0.2, -0.15) is 0 Å². The van der Waals surface area contributed by atoms with Crippen LogP contribution in [0.15, 0.2) is 77.7 Å². The molecule has 1 saturated carbocycles. The third kappa shape index (κ3) is 7.44. The topological polar surface area (TPSA) is 96.0 Å². The monoisotopic (exact) mass is 599 g/mol. The Kier molecular flexibility index (Phi) is 10.2. The van der Waals surface area contributed by atoms with Gasteiger partial charge in [-0.05, 0) is 81.3 Å². The fraction of sp³-hybridized carbons (Fsp3) is 0.355. The van der Waals surface area contributed by atoms with E-state index in [0.29, 0.717) is 12.4 Å². The summed E-state index contributed by atoms with van der Waals surface area (Å²) in [5.41, 5.74) is 0.338. The SMILES string of the molecule is CCOc1ccc(N(CC(=O)N(Cc2ccccc2F)[C@@H](C)C(=O)NC2CCCC2)S(=O)(=O)c2ccc(F)cc2)cc1. The zero-order chi connectivity index (χ0) is 30.3. The first-order valence-electron chi connectivity index (χ1n) is 13.9. The van der Waals surface area contributed by atoms with Crippen LogP contribution in [0.4, 0.5) is 14.5 Å². The number of rotatable bonds is 12. The number of carbonyl (C=O) groups is 2. The number of nitrogens with zero attached hydrogens (tertiary/aromatic N) is 2. The summed E-state index contributed by atoms with van der Waals surface area (Å²) in [7, 11) is -4.37. The molecule has 1 N–H and O–H groups in total. The highest BCUT2D eigenvalue weighted by Crippen LogP contribution is 2.27. The normalized spacial score (nSPS) is 14.3. The Morgan fingerprint density at radius 1 is 0.976 bits per heavy atom. The summed E-state index contributed by atoms with van der Waals surface area (Å²) in [6, 6.07) is 15.3. The summed E-state index contributed by atoms with van der Waals surface area (Å²) in [5, 5.41) is 2.97. The number of hydrogen-bond acceptors (Lipinski definition) is 5. The maximum absolute atomic E-state index is 14.7. The van der Waals surface area contributed by atoms with Gasteiger partial charge in [-0.15, -0.1) is 0 Å². The van der Waals surface area contributed by atoms with Crippen molar-refractivity contribution in [3.8, 4) is 5.75 Å². The smallest absolute Gasteiger partial charge is 0.264 e. The van der Waals surface area contributed by atoms with Gasteiger partial charge in [-0.25, -0.2) is 17.2 Å². The van der Waals surface area contributed by atoms with E-state index in [4.69, 9.17) is 4.74 Å². The number of benzene rings is 3. The zero-order valence-corrected chi connectivity index (χ0v) is 24.4. The molecule has 0 bridgehead atoms. The van der Waals surface area contributed by atoms with Crippen LogP contribution in [-0.2, 0) is 26.2 Å². The number of sulfonamides is 1. The maximum Gasteiger partial charge on any atom is 0.264 e. The number of nitrogens with one attached hydrogen (secondary N) is 1. The second-order valence-corrected chi connectivity index (χ2v) is 12.0. The average molecular weight is 600 g/mol. The first-order valence-corrected chi connectivity index (χ1v) is 15.4. The van der Waals surface area contributed by atoms with Crippen LogP contribution < -0.4 is 14.4 Å². The predicted molar refractivity (Wildman–Crippen MR) is 155 cm³/mol. The van der Waals surface area contributed by atoms with Gasteiger partial charge in [0.15, 0.2) is 0 Å². The highest BCUT2D eigenvalue weighted by molar-refractivity contribution is 7.92. The van der Waals surface area contributed by atoms with Crippen LogP contribution in [0.25, 0.3) is 0 Å². The standard InChI is InChI=1S/C31H35F2N3O5S/c1-3-41-27-16-14-26(15-17-27)36(42(39,40)28-18-12-24(32)13-19-28)21-30(37)35(20-23-8-4-7-11-29(23)33)22(2)31(38)34-25-9-5-6-10-25/h4,7-8,11-19,22,25H,3,5-6,9-10,20-21H2,1-2H3,(H,34,38)/t22-/m0/s1. The maximum atomic E-state index is 14.7. The minimum Gasteiger partial charge on any atom is -0.494 e. The molecule has 2 amide bonds. The van der Waals surface area contributed by atoms with Gasteiger partial charge in [-0.1, -0.05) is 31.0 Å². The summed E-state index contributed by atoms with van der Waals surface area (Å²) < 4.78 is 62.3. The minimum atomic E-state index is -4.37. The van der Waals surface area contributed by atoms with Crippen molar-refractivity contribution in [1.29, 1.82) is 0 Å². The predicted octanol–water partition coefficient (Wildman–Crippen LogP) is 5.03. The molecule has 1 aliphatic rings. The number of carbonyl (C=O) groups excluding carboxylic acids is 2. The molecule has 1 fully saturated rings. The van der Waals surface area contributed by atoms with Gasteiger partial charge in [0.2, 0.25) is 11.8 Å². The molecule has 0 aromatic heterocycles. The average Bonchev–Trinajstić information content (AvgIpc) is 3.49. The number of hydrogen-bond donors (Lipinski definition) is 1. The van der Waals surface area contributed by atoms with Crippen LogP contribution in [0, 0.1) is 11.6 Å². The Morgan fingerprint density at radius 2 is 1.62 bits per heavy atom. The number of halogens is 2. The lowest BCUT2D eigenvalue weighted by atomic mass is 10.1. The molecular weight excluding hydrogens is 564 g/mol. The molecule has 224 valence electrons. The van der Waals surface area contributed by atoms with Gasteiger partial charge in [0.1, 0.15) is 30.0 Å². The van der Waals surface area contributed by atoms with E-state index in [1.54, 1.807) is 25.1 Å². The van der Waals surface area contributed by atoms with E-state index >= 15 is 0 Å². The third-order valence-corrected chi connectivity index (χ3v) is 9.07. The van der Waals surface area contributed by atoms with Crippen molar-refractivity contribution in [3.05, 3.63) is 90.0 Å². The number of anilines is 1. The van der Waals surface area contributed by atoms with Gasteiger partial charge < -0.3 is 15.0 Å². The third-order valence-electron chi connectivity index (χ3n) is 7.28. The fourth-order valence-electron chi connectivity index (χ4n) is 4.92. The Morgan fingerprint density at radius 3 is 2.24 bits per heavy atom. The molecular formula is C31H35F2N3O5S. The Labute approximate surface area is 245 Å². The van der Waals surface area contributed by atoms with Crippen LogP contribution >= 0.6 is 0 Å². The van der Waals surface area contributed by atoms with Gasteiger partial charge in [-0.3, -0.25) is 13.9 Å². The van der Waals surface area contributed by atoms with E-state index in [0.717, 1.165) is 54.3 Å². The first-order chi connectivity index (χ1) is 20.1. The van der Waals surface area contributed by atoms with E-state index < -0.39 is 46.1 Å². The summed E-state index contributed by atoms with van der Waals surface area (Å²) in [4.78, 5) is 28.2. The zero-order valence-electron chi connectivity index (χ0n) is 23.6. The van der Waals surface area contributed by atoms with Crippen molar-refractivity contribution in [3.63, 3.8) is 0 Å². The molecule has 3 aromatic carbocycles. The van der Waals surface area contributed by atoms with E-state index in [1.165, 1.54) is 35.2 Å². The Hall–Kier alpha value is -3.99. The van der Waals surface area contributed by atoms with Crippen LogP contribution in [0.3, 0.4) is 0 Å². The molecule has 8 nitrogen and oxygen atoms in total. The highest BCUT2D eigenvalue weighted by atomic mass is 32.2. The summed E-state index contributed by atoms with van der Waals surface area (Å²) in [5.74, 6) is -1.78. The van der Waals surface area contributed by atoms with Crippen LogP contribution in [0.2, 0.25) is 0 Å². The quantitative estimate of drug-likeness (QED) is 0.315. The van der Waals surface area contributed by atoms with Crippen molar-refractivity contribution < 1.29 is 31.5 Å².